The number of carbonyl (C=O) groups excluding carboxylic acids is 5. The molecule has 2 aromatic rings. The van der Waals surface area contributed by atoms with E-state index in [0.717, 1.165) is 16.7 Å². The van der Waals surface area contributed by atoms with Gasteiger partial charge in [-0.1, -0.05) is 29.8 Å². The predicted molar refractivity (Wildman–Crippen MR) is 148 cm³/mol. The summed E-state index contributed by atoms with van der Waals surface area (Å²) in [6.07, 6.45) is 0.399. The number of halogens is 1. The summed E-state index contributed by atoms with van der Waals surface area (Å²) in [6.45, 7) is 6.10. The van der Waals surface area contributed by atoms with Gasteiger partial charge in [-0.15, -0.1) is 0 Å². The second-order valence-corrected chi connectivity index (χ2v) is 11.1. The van der Waals surface area contributed by atoms with Gasteiger partial charge in [0.15, 0.2) is 0 Å². The topological polar surface area (TPSA) is 146 Å². The van der Waals surface area contributed by atoms with Crippen LogP contribution in [-0.2, 0) is 33.8 Å². The number of benzene rings is 2. The molecule has 4 rings (SSSR count). The Balaban J connectivity index is 1.32. The van der Waals surface area contributed by atoms with Crippen molar-refractivity contribution >= 4 is 47.1 Å². The molecule has 1 unspecified atom stereocenters. The molecule has 6 amide bonds. The second kappa shape index (κ2) is 12.0. The Morgan fingerprint density at radius 1 is 1.10 bits per heavy atom. The largest absolute Gasteiger partial charge is 0.444 e. The lowest BCUT2D eigenvalue weighted by atomic mass is 10.0. The number of hydrogen-bond donors (Lipinski definition) is 4. The fourth-order valence-corrected chi connectivity index (χ4v) is 4.76. The smallest absolute Gasteiger partial charge is 0.407 e. The van der Waals surface area contributed by atoms with Gasteiger partial charge in [-0.05, 0) is 68.5 Å². The van der Waals surface area contributed by atoms with Crippen molar-refractivity contribution in [3.05, 3.63) is 63.7 Å². The van der Waals surface area contributed by atoms with E-state index in [4.69, 9.17) is 16.3 Å². The molecular weight excluding hydrogens is 538 g/mol. The molecule has 2 aromatic carbocycles. The van der Waals surface area contributed by atoms with Crippen molar-refractivity contribution in [3.63, 3.8) is 0 Å². The van der Waals surface area contributed by atoms with Gasteiger partial charge in [-0.25, -0.2) is 9.59 Å². The summed E-state index contributed by atoms with van der Waals surface area (Å²) in [6, 6.07) is 9.24. The third-order valence-corrected chi connectivity index (χ3v) is 6.66. The van der Waals surface area contributed by atoms with Gasteiger partial charge in [-0.2, -0.15) is 0 Å². The number of anilines is 1. The van der Waals surface area contributed by atoms with Crippen LogP contribution in [0.5, 0.6) is 0 Å². The first-order valence-corrected chi connectivity index (χ1v) is 13.3. The van der Waals surface area contributed by atoms with E-state index in [2.05, 4.69) is 21.3 Å². The molecule has 2 heterocycles. The van der Waals surface area contributed by atoms with E-state index in [-0.39, 0.29) is 31.3 Å². The first-order valence-electron chi connectivity index (χ1n) is 13.0. The predicted octanol–water partition coefficient (Wildman–Crippen LogP) is 3.49. The van der Waals surface area contributed by atoms with Crippen LogP contribution in [0.15, 0.2) is 36.4 Å². The normalized spacial score (nSPS) is 16.8. The van der Waals surface area contributed by atoms with Gasteiger partial charge in [0.2, 0.25) is 11.8 Å². The van der Waals surface area contributed by atoms with Crippen molar-refractivity contribution in [1.82, 2.24) is 20.9 Å². The molecule has 12 heteroatoms. The molecule has 40 heavy (non-hydrogen) atoms. The molecular formula is C28H32ClN5O6. The number of fused-ring (bicyclic) bond motifs is 1. The fourth-order valence-electron chi connectivity index (χ4n) is 4.58. The van der Waals surface area contributed by atoms with Gasteiger partial charge >= 0.3 is 12.1 Å². The number of rotatable bonds is 7. The Bertz CT molecular complexity index is 1360. The van der Waals surface area contributed by atoms with Crippen LogP contribution in [0.2, 0.25) is 5.02 Å². The minimum absolute atomic E-state index is 0.190. The quantitative estimate of drug-likeness (QED) is 0.375. The van der Waals surface area contributed by atoms with E-state index in [0.29, 0.717) is 35.7 Å². The number of nitrogens with zero attached hydrogens (tertiary/aromatic N) is 1. The monoisotopic (exact) mass is 569 g/mol. The first-order chi connectivity index (χ1) is 18.9. The number of amides is 6. The number of imide groups is 1. The zero-order chi connectivity index (χ0) is 29.0. The molecule has 212 valence electrons. The number of piperidine rings is 1. The molecule has 1 saturated heterocycles. The highest BCUT2D eigenvalue weighted by molar-refractivity contribution is 6.31. The van der Waals surface area contributed by atoms with Crippen LogP contribution in [0.4, 0.5) is 15.3 Å². The maximum Gasteiger partial charge on any atom is 0.407 e. The van der Waals surface area contributed by atoms with E-state index in [1.807, 2.05) is 6.07 Å². The Morgan fingerprint density at radius 3 is 2.60 bits per heavy atom. The van der Waals surface area contributed by atoms with Crippen LogP contribution >= 0.6 is 11.6 Å². The van der Waals surface area contributed by atoms with E-state index >= 15 is 0 Å². The number of hydrogen-bond acceptors (Lipinski definition) is 6. The lowest BCUT2D eigenvalue weighted by molar-refractivity contribution is -0.136. The van der Waals surface area contributed by atoms with Crippen LogP contribution < -0.4 is 21.3 Å². The van der Waals surface area contributed by atoms with Crippen molar-refractivity contribution in [2.45, 2.75) is 64.8 Å². The molecule has 0 bridgehead atoms. The third kappa shape index (κ3) is 7.29. The Kier molecular flexibility index (Phi) is 8.63. The number of nitrogens with one attached hydrogen (secondary N) is 4. The van der Waals surface area contributed by atoms with E-state index in [1.54, 1.807) is 51.1 Å². The summed E-state index contributed by atoms with van der Waals surface area (Å²) in [5.41, 5.74) is 2.72. The molecule has 2 aliphatic heterocycles. The maximum absolute atomic E-state index is 12.9. The molecule has 11 nitrogen and oxygen atoms in total. The maximum atomic E-state index is 12.9. The van der Waals surface area contributed by atoms with Crippen LogP contribution in [0, 0.1) is 0 Å². The molecule has 1 atom stereocenters. The highest BCUT2D eigenvalue weighted by Crippen LogP contribution is 2.28. The lowest BCUT2D eigenvalue weighted by Crippen LogP contribution is -2.52. The average molecular weight is 570 g/mol. The van der Waals surface area contributed by atoms with Crippen molar-refractivity contribution in [2.75, 3.05) is 11.9 Å². The number of carbonyl (C=O) groups is 5. The first kappa shape index (κ1) is 28.9. The van der Waals surface area contributed by atoms with Gasteiger partial charge < -0.3 is 25.6 Å². The molecule has 1 fully saturated rings. The van der Waals surface area contributed by atoms with Crippen molar-refractivity contribution < 1.29 is 28.7 Å². The Labute approximate surface area is 236 Å². The molecule has 0 aromatic heterocycles. The summed E-state index contributed by atoms with van der Waals surface area (Å²) < 4.78 is 5.24. The summed E-state index contributed by atoms with van der Waals surface area (Å²) in [4.78, 5) is 62.7. The van der Waals surface area contributed by atoms with Crippen molar-refractivity contribution in [2.24, 2.45) is 0 Å². The SMILES string of the molecule is CC(C)(C)OC(=O)NCCc1ccc(Cl)cc1NC(=O)NCc1ccc2c(c1)CN(C1CCC(=O)NC1=O)C2=O. The van der Waals surface area contributed by atoms with Gasteiger partial charge in [0.05, 0.1) is 0 Å². The molecule has 0 aliphatic carbocycles. The van der Waals surface area contributed by atoms with Gasteiger partial charge in [0, 0.05) is 42.3 Å². The molecule has 0 radical (unpaired) electrons. The van der Waals surface area contributed by atoms with E-state index < -0.39 is 29.7 Å². The van der Waals surface area contributed by atoms with E-state index in [9.17, 15) is 24.0 Å². The summed E-state index contributed by atoms with van der Waals surface area (Å²) in [7, 11) is 0. The zero-order valence-corrected chi connectivity index (χ0v) is 23.3. The highest BCUT2D eigenvalue weighted by Gasteiger charge is 2.39. The van der Waals surface area contributed by atoms with Crippen molar-refractivity contribution in [3.8, 4) is 0 Å². The number of ether oxygens (including phenoxy) is 1. The molecule has 4 N–H and O–H groups in total. The summed E-state index contributed by atoms with van der Waals surface area (Å²) in [5, 5.41) is 11.0. The zero-order valence-electron chi connectivity index (χ0n) is 22.6. The van der Waals surface area contributed by atoms with Crippen LogP contribution in [0.1, 0.15) is 60.7 Å². The number of alkyl carbamates (subject to hydrolysis) is 1. The third-order valence-electron chi connectivity index (χ3n) is 6.42. The molecule has 0 saturated carbocycles. The van der Waals surface area contributed by atoms with Gasteiger partial charge in [-0.3, -0.25) is 19.7 Å². The highest BCUT2D eigenvalue weighted by atomic mass is 35.5. The van der Waals surface area contributed by atoms with Crippen molar-refractivity contribution in [1.29, 1.82) is 0 Å². The second-order valence-electron chi connectivity index (χ2n) is 10.7. The molecule has 0 spiro atoms. The van der Waals surface area contributed by atoms with Gasteiger partial charge in [0.1, 0.15) is 11.6 Å². The van der Waals surface area contributed by atoms with Crippen LogP contribution in [0.25, 0.3) is 0 Å². The minimum Gasteiger partial charge on any atom is -0.444 e. The lowest BCUT2D eigenvalue weighted by Gasteiger charge is -2.29. The summed E-state index contributed by atoms with van der Waals surface area (Å²) >= 11 is 6.15. The number of urea groups is 1. The Hall–Kier alpha value is -4.12. The van der Waals surface area contributed by atoms with Crippen LogP contribution in [0.3, 0.4) is 0 Å². The van der Waals surface area contributed by atoms with E-state index in [1.165, 1.54) is 4.90 Å². The Morgan fingerprint density at radius 2 is 1.88 bits per heavy atom. The minimum atomic E-state index is -0.684. The fraction of sp³-hybridized carbons (Fsp3) is 0.393. The molecule has 2 aliphatic rings. The standard InChI is InChI=1S/C28H32ClN5O6/c1-28(2,3)40-27(39)30-11-10-17-5-6-19(29)13-21(17)32-26(38)31-14-16-4-7-20-18(12-16)15-34(25(20)37)22-8-9-23(35)33-24(22)36/h4-7,12-13,22H,8-11,14-15H2,1-3H3,(H,30,39)(H2,31,32,38)(H,33,35,36). The average Bonchev–Trinajstić information content (AvgIpc) is 3.18. The van der Waals surface area contributed by atoms with Gasteiger partial charge in [0.25, 0.3) is 5.91 Å². The van der Waals surface area contributed by atoms with Crippen LogP contribution in [-0.4, -0.2) is 52.9 Å². The summed E-state index contributed by atoms with van der Waals surface area (Å²) in [5.74, 6) is -1.05.